The van der Waals surface area contributed by atoms with Crippen LogP contribution in [0.5, 0.6) is 0 Å². The van der Waals surface area contributed by atoms with Gasteiger partial charge in [-0.15, -0.1) is 10.2 Å². The summed E-state index contributed by atoms with van der Waals surface area (Å²) in [5, 5.41) is 14.6. The highest BCUT2D eigenvalue weighted by molar-refractivity contribution is 5.92. The summed E-state index contributed by atoms with van der Waals surface area (Å²) >= 11 is 0. The van der Waals surface area contributed by atoms with Crippen LogP contribution in [0.3, 0.4) is 0 Å². The molecule has 1 aliphatic carbocycles. The van der Waals surface area contributed by atoms with Crippen LogP contribution in [0.15, 0.2) is 12.1 Å². The van der Waals surface area contributed by atoms with E-state index >= 15 is 0 Å². The second kappa shape index (κ2) is 7.05. The molecular formula is C18H29N5O. The summed E-state index contributed by atoms with van der Waals surface area (Å²) in [5.74, 6) is 1.43. The molecule has 1 amide bonds. The van der Waals surface area contributed by atoms with E-state index in [4.69, 9.17) is 0 Å². The highest BCUT2D eigenvalue weighted by Crippen LogP contribution is 2.51. The molecule has 1 aliphatic heterocycles. The van der Waals surface area contributed by atoms with Gasteiger partial charge in [0.25, 0.3) is 5.91 Å². The molecule has 2 aliphatic rings. The molecule has 3 rings (SSSR count). The maximum Gasteiger partial charge on any atom is 0.272 e. The van der Waals surface area contributed by atoms with Crippen LogP contribution < -0.4 is 15.5 Å². The fourth-order valence-corrected chi connectivity index (χ4v) is 3.74. The van der Waals surface area contributed by atoms with Crippen molar-refractivity contribution in [2.75, 3.05) is 31.6 Å². The fraction of sp³-hybridized carbons (Fsp3) is 0.722. The van der Waals surface area contributed by atoms with Gasteiger partial charge in [0.15, 0.2) is 11.5 Å². The van der Waals surface area contributed by atoms with Gasteiger partial charge in [0.1, 0.15) is 0 Å². The van der Waals surface area contributed by atoms with Crippen molar-refractivity contribution in [2.24, 2.45) is 11.3 Å². The zero-order valence-corrected chi connectivity index (χ0v) is 15.0. The second-order valence-corrected chi connectivity index (χ2v) is 7.89. The van der Waals surface area contributed by atoms with Crippen LogP contribution >= 0.6 is 0 Å². The summed E-state index contributed by atoms with van der Waals surface area (Å²) < 4.78 is 0. The minimum Gasteiger partial charge on any atom is -0.358 e. The molecule has 0 aromatic carbocycles. The summed E-state index contributed by atoms with van der Waals surface area (Å²) in [6.07, 6.45) is 4.84. The van der Waals surface area contributed by atoms with Crippen LogP contribution in [-0.2, 0) is 0 Å². The molecule has 2 heterocycles. The molecule has 132 valence electrons. The van der Waals surface area contributed by atoms with Crippen molar-refractivity contribution in [3.63, 3.8) is 0 Å². The summed E-state index contributed by atoms with van der Waals surface area (Å²) in [6.45, 7) is 7.37. The highest BCUT2D eigenvalue weighted by atomic mass is 16.2. The van der Waals surface area contributed by atoms with Crippen LogP contribution in [-0.4, -0.2) is 48.8 Å². The topological polar surface area (TPSA) is 70.2 Å². The van der Waals surface area contributed by atoms with Crippen molar-refractivity contribution in [3.05, 3.63) is 17.8 Å². The molecule has 0 spiro atoms. The van der Waals surface area contributed by atoms with E-state index in [1.165, 1.54) is 19.3 Å². The van der Waals surface area contributed by atoms with Gasteiger partial charge in [0, 0.05) is 26.2 Å². The molecule has 0 bridgehead atoms. The van der Waals surface area contributed by atoms with E-state index in [0.717, 1.165) is 37.8 Å². The quantitative estimate of drug-likeness (QED) is 0.798. The van der Waals surface area contributed by atoms with Crippen molar-refractivity contribution >= 4 is 11.7 Å². The Kier molecular flexibility index (Phi) is 5.04. The number of amides is 1. The van der Waals surface area contributed by atoms with Crippen LogP contribution in [0.25, 0.3) is 0 Å². The lowest BCUT2D eigenvalue weighted by atomic mass is 9.94. The van der Waals surface area contributed by atoms with E-state index < -0.39 is 0 Å². The van der Waals surface area contributed by atoms with Gasteiger partial charge in [-0.25, -0.2) is 0 Å². The van der Waals surface area contributed by atoms with Gasteiger partial charge in [-0.2, -0.15) is 0 Å². The molecule has 24 heavy (non-hydrogen) atoms. The average molecular weight is 331 g/mol. The third-order valence-corrected chi connectivity index (χ3v) is 5.04. The highest BCUT2D eigenvalue weighted by Gasteiger charge is 2.43. The first-order valence-electron chi connectivity index (χ1n) is 9.04. The molecular weight excluding hydrogens is 302 g/mol. The monoisotopic (exact) mass is 331 g/mol. The van der Waals surface area contributed by atoms with Crippen LogP contribution in [0.1, 0.15) is 50.0 Å². The number of hydrogen-bond donors (Lipinski definition) is 2. The summed E-state index contributed by atoms with van der Waals surface area (Å²) in [4.78, 5) is 14.4. The molecule has 1 aromatic heterocycles. The minimum absolute atomic E-state index is 0.135. The predicted molar refractivity (Wildman–Crippen MR) is 95.2 cm³/mol. The zero-order valence-electron chi connectivity index (χ0n) is 15.0. The Labute approximate surface area is 144 Å². The molecule has 1 saturated heterocycles. The SMILES string of the molecule is CC(C)CC1(CN(C)c2ccc(C(=O)NC3CCNC3)nn2)CC1. The number of aromatic nitrogens is 2. The number of hydrogen-bond acceptors (Lipinski definition) is 5. The summed E-state index contributed by atoms with van der Waals surface area (Å²) in [7, 11) is 2.06. The molecule has 1 unspecified atom stereocenters. The number of rotatable bonds is 7. The number of carbonyl (C=O) groups is 1. The number of anilines is 1. The molecule has 2 N–H and O–H groups in total. The lowest BCUT2D eigenvalue weighted by Crippen LogP contribution is -2.36. The third kappa shape index (κ3) is 4.23. The van der Waals surface area contributed by atoms with Crippen molar-refractivity contribution in [2.45, 2.75) is 45.6 Å². The van der Waals surface area contributed by atoms with E-state index in [1.54, 1.807) is 6.07 Å². The molecule has 1 aromatic rings. The average Bonchev–Trinajstić information content (AvgIpc) is 3.08. The van der Waals surface area contributed by atoms with Crippen molar-refractivity contribution in [1.29, 1.82) is 0 Å². The van der Waals surface area contributed by atoms with Gasteiger partial charge in [-0.1, -0.05) is 13.8 Å². The molecule has 6 nitrogen and oxygen atoms in total. The van der Waals surface area contributed by atoms with Crippen LogP contribution in [0.4, 0.5) is 5.82 Å². The molecule has 1 atom stereocenters. The normalized spacial score (nSPS) is 21.8. The van der Waals surface area contributed by atoms with E-state index in [0.29, 0.717) is 11.1 Å². The van der Waals surface area contributed by atoms with E-state index in [1.807, 2.05) is 6.07 Å². The largest absolute Gasteiger partial charge is 0.358 e. The second-order valence-electron chi connectivity index (χ2n) is 7.89. The Balaban J connectivity index is 1.56. The molecule has 0 radical (unpaired) electrons. The van der Waals surface area contributed by atoms with Gasteiger partial charge in [-0.05, 0) is 55.7 Å². The molecule has 6 heteroatoms. The first kappa shape index (κ1) is 17.1. The Bertz CT molecular complexity index is 561. The van der Waals surface area contributed by atoms with E-state index in [-0.39, 0.29) is 11.9 Å². The van der Waals surface area contributed by atoms with Gasteiger partial charge < -0.3 is 15.5 Å². The zero-order chi connectivity index (χ0) is 17.2. The Hall–Kier alpha value is -1.69. The van der Waals surface area contributed by atoms with Gasteiger partial charge >= 0.3 is 0 Å². The molecule has 1 saturated carbocycles. The first-order chi connectivity index (χ1) is 11.5. The Morgan fingerprint density at radius 2 is 2.21 bits per heavy atom. The first-order valence-corrected chi connectivity index (χ1v) is 9.04. The van der Waals surface area contributed by atoms with Crippen molar-refractivity contribution < 1.29 is 4.79 Å². The summed E-state index contributed by atoms with van der Waals surface area (Å²) in [6, 6.07) is 3.88. The maximum atomic E-state index is 12.2. The van der Waals surface area contributed by atoms with Gasteiger partial charge in [0.2, 0.25) is 0 Å². The van der Waals surface area contributed by atoms with Crippen molar-refractivity contribution in [3.8, 4) is 0 Å². The van der Waals surface area contributed by atoms with Crippen LogP contribution in [0.2, 0.25) is 0 Å². The predicted octanol–water partition coefficient (Wildman–Crippen LogP) is 1.83. The number of nitrogens with one attached hydrogen (secondary N) is 2. The standard InChI is InChI=1S/C18H29N5O/c1-13(2)10-18(7-8-18)12-23(3)16-5-4-15(21-22-16)17(24)20-14-6-9-19-11-14/h4-5,13-14,19H,6-12H2,1-3H3,(H,20,24). The smallest absolute Gasteiger partial charge is 0.272 e. The van der Waals surface area contributed by atoms with Crippen molar-refractivity contribution in [1.82, 2.24) is 20.8 Å². The third-order valence-electron chi connectivity index (χ3n) is 5.04. The fourth-order valence-electron chi connectivity index (χ4n) is 3.74. The van der Waals surface area contributed by atoms with E-state index in [2.05, 4.69) is 46.6 Å². The lowest BCUT2D eigenvalue weighted by Gasteiger charge is -2.25. The maximum absolute atomic E-state index is 12.2. The van der Waals surface area contributed by atoms with Crippen LogP contribution in [0, 0.1) is 11.3 Å². The van der Waals surface area contributed by atoms with E-state index in [9.17, 15) is 4.79 Å². The summed E-state index contributed by atoms with van der Waals surface area (Å²) in [5.41, 5.74) is 0.846. The van der Waals surface area contributed by atoms with Gasteiger partial charge in [0.05, 0.1) is 0 Å². The minimum atomic E-state index is -0.135. The molecule has 2 fully saturated rings. The Morgan fingerprint density at radius 1 is 1.42 bits per heavy atom. The number of carbonyl (C=O) groups excluding carboxylic acids is 1. The lowest BCUT2D eigenvalue weighted by molar-refractivity contribution is 0.0934. The number of nitrogens with zero attached hydrogens (tertiary/aromatic N) is 3. The van der Waals surface area contributed by atoms with Gasteiger partial charge in [-0.3, -0.25) is 4.79 Å². The Morgan fingerprint density at radius 3 is 2.75 bits per heavy atom.